The van der Waals surface area contributed by atoms with Crippen molar-refractivity contribution < 1.29 is 4.42 Å². The van der Waals surface area contributed by atoms with E-state index in [1.807, 2.05) is 32.0 Å². The van der Waals surface area contributed by atoms with Crippen LogP contribution < -0.4 is 10.6 Å². The number of benzene rings is 1. The summed E-state index contributed by atoms with van der Waals surface area (Å²) in [7, 11) is 1.74. The molecule has 0 saturated carbocycles. The number of nitrogens with one attached hydrogen (secondary N) is 2. The minimum Gasteiger partial charge on any atom is -0.444 e. The Labute approximate surface area is 171 Å². The second-order valence-corrected chi connectivity index (χ2v) is 6.86. The normalized spacial score (nSPS) is 11.8. The van der Waals surface area contributed by atoms with Crippen LogP contribution in [0.25, 0.3) is 0 Å². The van der Waals surface area contributed by atoms with Crippen molar-refractivity contribution in [3.63, 3.8) is 0 Å². The van der Waals surface area contributed by atoms with Crippen LogP contribution in [0.2, 0.25) is 5.02 Å². The quantitative estimate of drug-likeness (QED) is 0.386. The summed E-state index contributed by atoms with van der Waals surface area (Å²) in [5.74, 6) is 2.21. The minimum atomic E-state index is -0.0847. The Bertz CT molecular complexity index is 708. The first-order valence-electron chi connectivity index (χ1n) is 7.95. The predicted molar refractivity (Wildman–Crippen MR) is 114 cm³/mol. The fraction of sp³-hybridized carbons (Fsp3) is 0.444. The summed E-state index contributed by atoms with van der Waals surface area (Å²) in [6.07, 6.45) is 0. The van der Waals surface area contributed by atoms with E-state index < -0.39 is 0 Å². The minimum absolute atomic E-state index is 0. The zero-order valence-corrected chi connectivity index (χ0v) is 18.4. The van der Waals surface area contributed by atoms with Crippen molar-refractivity contribution in [3.05, 3.63) is 52.2 Å². The number of guanidine groups is 1. The summed E-state index contributed by atoms with van der Waals surface area (Å²) in [5, 5.41) is 7.31. The van der Waals surface area contributed by atoms with Crippen molar-refractivity contribution in [1.82, 2.24) is 15.6 Å². The molecule has 0 aliphatic heterocycles. The summed E-state index contributed by atoms with van der Waals surface area (Å²) >= 11 is 6.10. The molecule has 1 aromatic heterocycles. The van der Waals surface area contributed by atoms with Gasteiger partial charge in [-0.15, -0.1) is 24.0 Å². The topological polar surface area (TPSA) is 62.5 Å². The lowest BCUT2D eigenvalue weighted by Gasteiger charge is -2.27. The molecule has 2 N–H and O–H groups in total. The highest BCUT2D eigenvalue weighted by Gasteiger charge is 2.21. The van der Waals surface area contributed by atoms with Gasteiger partial charge in [-0.05, 0) is 31.5 Å². The second-order valence-electron chi connectivity index (χ2n) is 6.42. The van der Waals surface area contributed by atoms with E-state index in [0.717, 1.165) is 23.0 Å². The SMILES string of the molecule is CN=C(NCc1nc(C)c(C)o1)NCC(C)(C)c1cccc(Cl)c1.I. The van der Waals surface area contributed by atoms with Gasteiger partial charge in [-0.3, -0.25) is 4.99 Å². The number of hydrogen-bond acceptors (Lipinski definition) is 3. The van der Waals surface area contributed by atoms with Crippen LogP contribution in [0, 0.1) is 13.8 Å². The van der Waals surface area contributed by atoms with Gasteiger partial charge in [0.05, 0.1) is 12.2 Å². The van der Waals surface area contributed by atoms with Crippen LogP contribution in [0.15, 0.2) is 33.7 Å². The van der Waals surface area contributed by atoms with Crippen molar-refractivity contribution in [2.24, 2.45) is 4.99 Å². The third-order valence-electron chi connectivity index (χ3n) is 4.01. The van der Waals surface area contributed by atoms with Gasteiger partial charge < -0.3 is 15.1 Å². The zero-order chi connectivity index (χ0) is 17.7. The monoisotopic (exact) mass is 476 g/mol. The van der Waals surface area contributed by atoms with E-state index in [9.17, 15) is 0 Å². The summed E-state index contributed by atoms with van der Waals surface area (Å²) in [5.41, 5.74) is 2.01. The molecule has 0 aliphatic rings. The molecule has 5 nitrogen and oxygen atoms in total. The predicted octanol–water partition coefficient (Wildman–Crippen LogP) is 4.21. The Kier molecular flexibility index (Phi) is 8.21. The van der Waals surface area contributed by atoms with Gasteiger partial charge in [-0.1, -0.05) is 37.6 Å². The molecular weight excluding hydrogens is 451 g/mol. The van der Waals surface area contributed by atoms with Crippen molar-refractivity contribution in [2.75, 3.05) is 13.6 Å². The van der Waals surface area contributed by atoms with Crippen LogP contribution in [-0.4, -0.2) is 24.5 Å². The van der Waals surface area contributed by atoms with Crippen LogP contribution in [0.3, 0.4) is 0 Å². The molecule has 0 aliphatic carbocycles. The van der Waals surface area contributed by atoms with Crippen LogP contribution in [0.1, 0.15) is 36.8 Å². The fourth-order valence-corrected chi connectivity index (χ4v) is 2.50. The Hall–Kier alpha value is -1.28. The van der Waals surface area contributed by atoms with Gasteiger partial charge in [0.1, 0.15) is 5.76 Å². The smallest absolute Gasteiger partial charge is 0.214 e. The molecule has 0 atom stereocenters. The number of rotatable bonds is 5. The standard InChI is InChI=1S/C18H25ClN4O.HI/c1-12-13(2)24-16(23-12)10-21-17(20-5)22-11-18(3,4)14-7-6-8-15(19)9-14;/h6-9H,10-11H2,1-5H3,(H2,20,21,22);1H. The number of aryl methyl sites for hydroxylation is 2. The van der Waals surface area contributed by atoms with E-state index in [2.05, 4.69) is 40.5 Å². The molecule has 0 radical (unpaired) electrons. The number of aliphatic imine (C=N–C) groups is 1. The molecular formula is C18H26ClIN4O. The summed E-state index contributed by atoms with van der Waals surface area (Å²) in [6, 6.07) is 7.94. The van der Waals surface area contributed by atoms with E-state index >= 15 is 0 Å². The molecule has 2 aromatic rings. The highest BCUT2D eigenvalue weighted by molar-refractivity contribution is 14.0. The molecule has 0 bridgehead atoms. The lowest BCUT2D eigenvalue weighted by atomic mass is 9.84. The molecule has 0 fully saturated rings. The number of nitrogens with zero attached hydrogens (tertiary/aromatic N) is 2. The first-order chi connectivity index (χ1) is 11.3. The maximum atomic E-state index is 6.10. The molecule has 0 saturated heterocycles. The first-order valence-corrected chi connectivity index (χ1v) is 8.33. The number of oxazole rings is 1. The van der Waals surface area contributed by atoms with E-state index in [1.54, 1.807) is 7.05 Å². The van der Waals surface area contributed by atoms with Crippen LogP contribution in [0.4, 0.5) is 0 Å². The van der Waals surface area contributed by atoms with Gasteiger partial charge >= 0.3 is 0 Å². The van der Waals surface area contributed by atoms with Crippen molar-refractivity contribution in [3.8, 4) is 0 Å². The van der Waals surface area contributed by atoms with Gasteiger partial charge in [0.25, 0.3) is 0 Å². The van der Waals surface area contributed by atoms with Gasteiger partial charge in [0, 0.05) is 24.0 Å². The maximum Gasteiger partial charge on any atom is 0.214 e. The van der Waals surface area contributed by atoms with Crippen LogP contribution >= 0.6 is 35.6 Å². The molecule has 0 spiro atoms. The highest BCUT2D eigenvalue weighted by atomic mass is 127. The summed E-state index contributed by atoms with van der Waals surface area (Å²) in [6.45, 7) is 9.39. The van der Waals surface area contributed by atoms with Crippen LogP contribution in [-0.2, 0) is 12.0 Å². The van der Waals surface area contributed by atoms with Gasteiger partial charge in [0.15, 0.2) is 5.96 Å². The summed E-state index contributed by atoms with van der Waals surface area (Å²) in [4.78, 5) is 8.60. The first kappa shape index (κ1) is 21.8. The van der Waals surface area contributed by atoms with Gasteiger partial charge in [0.2, 0.25) is 5.89 Å². The number of aromatic nitrogens is 1. The summed E-state index contributed by atoms with van der Waals surface area (Å²) < 4.78 is 5.57. The molecule has 0 amide bonds. The number of halogens is 2. The average Bonchev–Trinajstić information content (AvgIpc) is 2.86. The third kappa shape index (κ3) is 6.18. The molecule has 2 rings (SSSR count). The highest BCUT2D eigenvalue weighted by Crippen LogP contribution is 2.24. The molecule has 7 heteroatoms. The van der Waals surface area contributed by atoms with Crippen LogP contribution in [0.5, 0.6) is 0 Å². The molecule has 138 valence electrons. The van der Waals surface area contributed by atoms with Crippen molar-refractivity contribution in [2.45, 2.75) is 39.7 Å². The van der Waals surface area contributed by atoms with Crippen molar-refractivity contribution in [1.29, 1.82) is 0 Å². The van der Waals surface area contributed by atoms with Gasteiger partial charge in [-0.25, -0.2) is 4.98 Å². The third-order valence-corrected chi connectivity index (χ3v) is 4.24. The second kappa shape index (κ2) is 9.43. The molecule has 1 heterocycles. The lowest BCUT2D eigenvalue weighted by molar-refractivity contribution is 0.461. The van der Waals surface area contributed by atoms with E-state index in [1.165, 1.54) is 5.56 Å². The lowest BCUT2D eigenvalue weighted by Crippen LogP contribution is -2.43. The van der Waals surface area contributed by atoms with Gasteiger partial charge in [-0.2, -0.15) is 0 Å². The Balaban J connectivity index is 0.00000312. The van der Waals surface area contributed by atoms with E-state index in [0.29, 0.717) is 18.4 Å². The van der Waals surface area contributed by atoms with E-state index in [4.69, 9.17) is 16.0 Å². The Morgan fingerprint density at radius 1 is 1.28 bits per heavy atom. The molecule has 25 heavy (non-hydrogen) atoms. The fourth-order valence-electron chi connectivity index (χ4n) is 2.31. The zero-order valence-electron chi connectivity index (χ0n) is 15.3. The van der Waals surface area contributed by atoms with E-state index in [-0.39, 0.29) is 29.4 Å². The maximum absolute atomic E-state index is 6.10. The Morgan fingerprint density at radius 2 is 2.00 bits per heavy atom. The largest absolute Gasteiger partial charge is 0.444 e. The number of hydrogen-bond donors (Lipinski definition) is 2. The van der Waals surface area contributed by atoms with Crippen molar-refractivity contribution >= 4 is 41.5 Å². The average molecular weight is 477 g/mol. The molecule has 1 aromatic carbocycles. The Morgan fingerprint density at radius 3 is 2.56 bits per heavy atom. The molecule has 0 unspecified atom stereocenters.